The number of hydrogen-bond acceptors (Lipinski definition) is 2. The highest BCUT2D eigenvalue weighted by molar-refractivity contribution is 5.76. The first kappa shape index (κ1) is 13.9. The van der Waals surface area contributed by atoms with Crippen molar-refractivity contribution in [1.82, 2.24) is 4.90 Å². The Morgan fingerprint density at radius 1 is 1.11 bits per heavy atom. The zero-order chi connectivity index (χ0) is 13.8. The molecule has 0 atom stereocenters. The van der Waals surface area contributed by atoms with Crippen LogP contribution >= 0.6 is 0 Å². The molecule has 104 valence electrons. The lowest BCUT2D eigenvalue weighted by Gasteiger charge is -2.36. The van der Waals surface area contributed by atoms with Gasteiger partial charge in [-0.3, -0.25) is 4.79 Å². The summed E-state index contributed by atoms with van der Waals surface area (Å²) < 4.78 is 0. The predicted octanol–water partition coefficient (Wildman–Crippen LogP) is 2.87. The van der Waals surface area contributed by atoms with Gasteiger partial charge in [-0.05, 0) is 23.6 Å². The van der Waals surface area contributed by atoms with Crippen LogP contribution in [0.1, 0.15) is 38.7 Å². The summed E-state index contributed by atoms with van der Waals surface area (Å²) in [5.74, 6) is 0.850. The highest BCUT2D eigenvalue weighted by Gasteiger charge is 2.19. The Labute approximate surface area is 116 Å². The van der Waals surface area contributed by atoms with E-state index in [0.717, 1.165) is 26.2 Å². The van der Waals surface area contributed by atoms with E-state index < -0.39 is 0 Å². The van der Waals surface area contributed by atoms with Crippen molar-refractivity contribution >= 4 is 11.6 Å². The molecule has 3 heteroatoms. The molecule has 1 aliphatic rings. The van der Waals surface area contributed by atoms with Gasteiger partial charge < -0.3 is 9.80 Å². The molecule has 1 fully saturated rings. The lowest BCUT2D eigenvalue weighted by atomic mass is 10.0. The maximum Gasteiger partial charge on any atom is 0.222 e. The van der Waals surface area contributed by atoms with E-state index in [4.69, 9.17) is 0 Å². The Hall–Kier alpha value is -1.51. The Morgan fingerprint density at radius 2 is 1.68 bits per heavy atom. The van der Waals surface area contributed by atoms with E-state index in [1.807, 2.05) is 11.8 Å². The highest BCUT2D eigenvalue weighted by Crippen LogP contribution is 2.21. The van der Waals surface area contributed by atoms with Gasteiger partial charge in [-0.25, -0.2) is 0 Å². The molecule has 19 heavy (non-hydrogen) atoms. The van der Waals surface area contributed by atoms with Crippen molar-refractivity contribution in [3.63, 3.8) is 0 Å². The fraction of sp³-hybridized carbons (Fsp3) is 0.562. The molecule has 1 aromatic carbocycles. The van der Waals surface area contributed by atoms with Crippen LogP contribution in [0.15, 0.2) is 24.3 Å². The van der Waals surface area contributed by atoms with Crippen molar-refractivity contribution in [1.29, 1.82) is 0 Å². The third-order valence-electron chi connectivity index (χ3n) is 3.86. The van der Waals surface area contributed by atoms with Gasteiger partial charge >= 0.3 is 0 Å². The molecule has 0 aromatic heterocycles. The smallest absolute Gasteiger partial charge is 0.222 e. The fourth-order valence-corrected chi connectivity index (χ4v) is 2.51. The molecule has 3 nitrogen and oxygen atoms in total. The standard InChI is InChI=1S/C16H24N2O/c1-4-16(19)18-11-9-17(10-12-18)15-7-5-14(6-8-15)13(2)3/h5-8,13H,4,9-12H2,1-3H3. The topological polar surface area (TPSA) is 23.6 Å². The second-order valence-electron chi connectivity index (χ2n) is 5.47. The maximum atomic E-state index is 11.6. The summed E-state index contributed by atoms with van der Waals surface area (Å²) in [6.45, 7) is 9.92. The van der Waals surface area contributed by atoms with Crippen LogP contribution in [0.25, 0.3) is 0 Å². The molecule has 0 aliphatic carbocycles. The van der Waals surface area contributed by atoms with Gasteiger partial charge in [0.25, 0.3) is 0 Å². The molecular formula is C16H24N2O. The van der Waals surface area contributed by atoms with Crippen LogP contribution in [0.2, 0.25) is 0 Å². The normalized spacial score (nSPS) is 16.0. The molecule has 0 unspecified atom stereocenters. The molecule has 1 aliphatic heterocycles. The summed E-state index contributed by atoms with van der Waals surface area (Å²) in [5, 5.41) is 0. The van der Waals surface area contributed by atoms with Crippen LogP contribution < -0.4 is 4.90 Å². The molecule has 1 heterocycles. The van der Waals surface area contributed by atoms with Gasteiger partial charge in [0.15, 0.2) is 0 Å². The SMILES string of the molecule is CCC(=O)N1CCN(c2ccc(C(C)C)cc2)CC1. The number of nitrogens with zero attached hydrogens (tertiary/aromatic N) is 2. The van der Waals surface area contributed by atoms with Gasteiger partial charge in [0.2, 0.25) is 5.91 Å². The minimum Gasteiger partial charge on any atom is -0.368 e. The third-order valence-corrected chi connectivity index (χ3v) is 3.86. The van der Waals surface area contributed by atoms with Crippen molar-refractivity contribution in [2.45, 2.75) is 33.1 Å². The Bertz CT molecular complexity index is 417. The molecule has 1 amide bonds. The fourth-order valence-electron chi connectivity index (χ4n) is 2.51. The minimum atomic E-state index is 0.273. The number of carbonyl (C=O) groups excluding carboxylic acids is 1. The Kier molecular flexibility index (Phi) is 4.46. The average molecular weight is 260 g/mol. The first-order valence-corrected chi connectivity index (χ1v) is 7.24. The van der Waals surface area contributed by atoms with E-state index in [0.29, 0.717) is 12.3 Å². The summed E-state index contributed by atoms with van der Waals surface area (Å²) in [6, 6.07) is 8.83. The lowest BCUT2D eigenvalue weighted by molar-refractivity contribution is -0.131. The number of piperazine rings is 1. The first-order chi connectivity index (χ1) is 9.11. The molecule has 0 saturated carbocycles. The number of hydrogen-bond donors (Lipinski definition) is 0. The number of anilines is 1. The molecule has 2 rings (SSSR count). The van der Waals surface area contributed by atoms with Crippen molar-refractivity contribution < 1.29 is 4.79 Å². The van der Waals surface area contributed by atoms with Gasteiger partial charge in [0.1, 0.15) is 0 Å². The van der Waals surface area contributed by atoms with E-state index >= 15 is 0 Å². The van der Waals surface area contributed by atoms with Gasteiger partial charge in [0.05, 0.1) is 0 Å². The summed E-state index contributed by atoms with van der Waals surface area (Å²) in [4.78, 5) is 16.0. The second-order valence-corrected chi connectivity index (χ2v) is 5.47. The molecule has 1 saturated heterocycles. The van der Waals surface area contributed by atoms with E-state index in [1.54, 1.807) is 0 Å². The number of rotatable bonds is 3. The zero-order valence-electron chi connectivity index (χ0n) is 12.2. The van der Waals surface area contributed by atoms with Gasteiger partial charge in [-0.2, -0.15) is 0 Å². The summed E-state index contributed by atoms with van der Waals surface area (Å²) >= 11 is 0. The van der Waals surface area contributed by atoms with Gasteiger partial charge in [0, 0.05) is 38.3 Å². The Balaban J connectivity index is 1.96. The van der Waals surface area contributed by atoms with E-state index in [-0.39, 0.29) is 5.91 Å². The van der Waals surface area contributed by atoms with Crippen LogP contribution in [0.4, 0.5) is 5.69 Å². The predicted molar refractivity (Wildman–Crippen MR) is 79.6 cm³/mol. The van der Waals surface area contributed by atoms with Gasteiger partial charge in [-0.15, -0.1) is 0 Å². The number of benzene rings is 1. The quantitative estimate of drug-likeness (QED) is 0.834. The zero-order valence-corrected chi connectivity index (χ0v) is 12.2. The molecule has 0 bridgehead atoms. The first-order valence-electron chi connectivity index (χ1n) is 7.24. The maximum absolute atomic E-state index is 11.6. The monoisotopic (exact) mass is 260 g/mol. The van der Waals surface area contributed by atoms with Crippen LogP contribution in [-0.4, -0.2) is 37.0 Å². The molecule has 0 N–H and O–H groups in total. The van der Waals surface area contributed by atoms with E-state index in [1.165, 1.54) is 11.3 Å². The highest BCUT2D eigenvalue weighted by atomic mass is 16.2. The van der Waals surface area contributed by atoms with Crippen LogP contribution in [-0.2, 0) is 4.79 Å². The summed E-state index contributed by atoms with van der Waals surface area (Å²) in [5.41, 5.74) is 2.65. The number of carbonyl (C=O) groups is 1. The van der Waals surface area contributed by atoms with Crippen molar-refractivity contribution in [3.8, 4) is 0 Å². The Morgan fingerprint density at radius 3 is 2.16 bits per heavy atom. The summed E-state index contributed by atoms with van der Waals surface area (Å²) in [6.07, 6.45) is 0.614. The second kappa shape index (κ2) is 6.09. The molecule has 0 radical (unpaired) electrons. The van der Waals surface area contributed by atoms with Gasteiger partial charge in [-0.1, -0.05) is 32.9 Å². The van der Waals surface area contributed by atoms with Crippen molar-refractivity contribution in [3.05, 3.63) is 29.8 Å². The molecular weight excluding hydrogens is 236 g/mol. The third kappa shape index (κ3) is 3.28. The van der Waals surface area contributed by atoms with E-state index in [2.05, 4.69) is 43.0 Å². The van der Waals surface area contributed by atoms with Crippen LogP contribution in [0, 0.1) is 0 Å². The molecule has 1 aromatic rings. The van der Waals surface area contributed by atoms with E-state index in [9.17, 15) is 4.79 Å². The molecule has 0 spiro atoms. The average Bonchev–Trinajstić information content (AvgIpc) is 2.46. The van der Waals surface area contributed by atoms with Crippen LogP contribution in [0.3, 0.4) is 0 Å². The largest absolute Gasteiger partial charge is 0.368 e. The van der Waals surface area contributed by atoms with Crippen LogP contribution in [0.5, 0.6) is 0 Å². The lowest BCUT2D eigenvalue weighted by Crippen LogP contribution is -2.48. The van der Waals surface area contributed by atoms with Crippen molar-refractivity contribution in [2.24, 2.45) is 0 Å². The number of amides is 1. The minimum absolute atomic E-state index is 0.273. The van der Waals surface area contributed by atoms with Crippen molar-refractivity contribution in [2.75, 3.05) is 31.1 Å². The summed E-state index contributed by atoms with van der Waals surface area (Å²) in [7, 11) is 0.